The highest BCUT2D eigenvalue weighted by atomic mass is 16.4. The van der Waals surface area contributed by atoms with Gasteiger partial charge in [-0.2, -0.15) is 0 Å². The van der Waals surface area contributed by atoms with Crippen LogP contribution >= 0.6 is 0 Å². The van der Waals surface area contributed by atoms with Gasteiger partial charge in [-0.15, -0.1) is 0 Å². The van der Waals surface area contributed by atoms with Crippen molar-refractivity contribution in [1.29, 1.82) is 0 Å². The van der Waals surface area contributed by atoms with Crippen LogP contribution in [0.15, 0.2) is 30.3 Å². The lowest BCUT2D eigenvalue weighted by Crippen LogP contribution is -2.06. The molecule has 2 aromatic rings. The van der Waals surface area contributed by atoms with Gasteiger partial charge in [0.25, 0.3) is 0 Å². The van der Waals surface area contributed by atoms with E-state index in [1.165, 1.54) is 0 Å². The summed E-state index contributed by atoms with van der Waals surface area (Å²) in [5.41, 5.74) is 1.73. The van der Waals surface area contributed by atoms with Crippen molar-refractivity contribution < 1.29 is 9.90 Å². The summed E-state index contributed by atoms with van der Waals surface area (Å²) >= 11 is 0. The molecule has 0 atom stereocenters. The first-order valence-corrected chi connectivity index (χ1v) is 5.34. The van der Waals surface area contributed by atoms with Gasteiger partial charge < -0.3 is 5.11 Å². The third kappa shape index (κ3) is 1.89. The molecule has 82 valence electrons. The Balaban J connectivity index is 2.65. The number of hydrogen-bond acceptors (Lipinski definition) is 2. The fourth-order valence-corrected chi connectivity index (χ4v) is 1.80. The van der Waals surface area contributed by atoms with Gasteiger partial charge in [-0.3, -0.25) is 0 Å². The minimum absolute atomic E-state index is 0.181. The molecular formula is C13H13NO2. The Morgan fingerprint density at radius 2 is 2.12 bits per heavy atom. The molecule has 1 aromatic carbocycles. The predicted octanol–water partition coefficient (Wildman–Crippen LogP) is 2.89. The summed E-state index contributed by atoms with van der Waals surface area (Å²) in [6.07, 6.45) is 1.67. The highest BCUT2D eigenvalue weighted by Crippen LogP contribution is 2.18. The van der Waals surface area contributed by atoms with Crippen molar-refractivity contribution in [3.8, 4) is 0 Å². The molecule has 0 aliphatic carbocycles. The third-order valence-corrected chi connectivity index (χ3v) is 2.52. The summed E-state index contributed by atoms with van der Waals surface area (Å²) in [5, 5.41) is 10.1. The molecule has 16 heavy (non-hydrogen) atoms. The van der Waals surface area contributed by atoms with Crippen molar-refractivity contribution >= 4 is 16.9 Å². The minimum atomic E-state index is -0.950. The number of carboxylic acid groups (broad SMARTS) is 1. The van der Waals surface area contributed by atoms with Crippen molar-refractivity contribution in [3.05, 3.63) is 41.6 Å². The van der Waals surface area contributed by atoms with Crippen LogP contribution in [0.5, 0.6) is 0 Å². The van der Waals surface area contributed by atoms with Gasteiger partial charge in [-0.05, 0) is 24.1 Å². The van der Waals surface area contributed by atoms with Gasteiger partial charge in [0.05, 0.1) is 5.52 Å². The summed E-state index contributed by atoms with van der Waals surface area (Å²) in [7, 11) is 0. The van der Waals surface area contributed by atoms with Crippen molar-refractivity contribution in [2.24, 2.45) is 0 Å². The van der Waals surface area contributed by atoms with Gasteiger partial charge in [0.15, 0.2) is 5.69 Å². The monoisotopic (exact) mass is 215 g/mol. The largest absolute Gasteiger partial charge is 0.477 e. The predicted molar refractivity (Wildman–Crippen MR) is 62.7 cm³/mol. The SMILES string of the molecule is CCCc1cc2ccccc2nc1C(=O)O. The topological polar surface area (TPSA) is 50.2 Å². The lowest BCUT2D eigenvalue weighted by molar-refractivity contribution is 0.0689. The first-order chi connectivity index (χ1) is 7.72. The molecule has 3 heteroatoms. The summed E-state index contributed by atoms with van der Waals surface area (Å²) in [6.45, 7) is 2.03. The molecule has 0 saturated carbocycles. The van der Waals surface area contributed by atoms with E-state index < -0.39 is 5.97 Å². The van der Waals surface area contributed by atoms with Gasteiger partial charge >= 0.3 is 5.97 Å². The number of hydrogen-bond donors (Lipinski definition) is 1. The van der Waals surface area contributed by atoms with Gasteiger partial charge in [0.1, 0.15) is 0 Å². The van der Waals surface area contributed by atoms with Crippen LogP contribution in [0.25, 0.3) is 10.9 Å². The minimum Gasteiger partial charge on any atom is -0.477 e. The molecule has 0 spiro atoms. The van der Waals surface area contributed by atoms with E-state index in [0.717, 1.165) is 29.3 Å². The Bertz CT molecular complexity index is 534. The molecule has 1 heterocycles. The summed E-state index contributed by atoms with van der Waals surface area (Å²) in [6, 6.07) is 9.50. The normalized spacial score (nSPS) is 10.6. The third-order valence-electron chi connectivity index (χ3n) is 2.52. The van der Waals surface area contributed by atoms with E-state index in [1.54, 1.807) is 0 Å². The fourth-order valence-electron chi connectivity index (χ4n) is 1.80. The highest BCUT2D eigenvalue weighted by Gasteiger charge is 2.12. The Hall–Kier alpha value is -1.90. The first-order valence-electron chi connectivity index (χ1n) is 5.34. The molecule has 1 aromatic heterocycles. The van der Waals surface area contributed by atoms with Crippen LogP contribution in [0.1, 0.15) is 29.4 Å². The molecule has 0 aliphatic heterocycles. The zero-order chi connectivity index (χ0) is 11.5. The average Bonchev–Trinajstić information content (AvgIpc) is 2.28. The molecule has 0 saturated heterocycles. The van der Waals surface area contributed by atoms with E-state index in [0.29, 0.717) is 0 Å². The smallest absolute Gasteiger partial charge is 0.354 e. The number of pyridine rings is 1. The van der Waals surface area contributed by atoms with Gasteiger partial charge in [-0.1, -0.05) is 31.5 Å². The second-order valence-electron chi connectivity index (χ2n) is 3.74. The molecule has 0 radical (unpaired) electrons. The van der Waals surface area contributed by atoms with Gasteiger partial charge in [-0.25, -0.2) is 9.78 Å². The molecule has 0 amide bonds. The number of aromatic nitrogens is 1. The van der Waals surface area contributed by atoms with E-state index in [-0.39, 0.29) is 5.69 Å². The zero-order valence-electron chi connectivity index (χ0n) is 9.10. The van der Waals surface area contributed by atoms with Crippen molar-refractivity contribution in [2.75, 3.05) is 0 Å². The quantitative estimate of drug-likeness (QED) is 0.856. The number of benzene rings is 1. The average molecular weight is 215 g/mol. The molecular weight excluding hydrogens is 202 g/mol. The number of aromatic carboxylic acids is 1. The van der Waals surface area contributed by atoms with Crippen LogP contribution in [0.2, 0.25) is 0 Å². The molecule has 2 rings (SSSR count). The molecule has 0 bridgehead atoms. The Kier molecular flexibility index (Phi) is 2.86. The highest BCUT2D eigenvalue weighted by molar-refractivity contribution is 5.91. The summed E-state index contributed by atoms with van der Waals surface area (Å²) < 4.78 is 0. The van der Waals surface area contributed by atoms with E-state index >= 15 is 0 Å². The van der Waals surface area contributed by atoms with E-state index in [9.17, 15) is 4.79 Å². The van der Waals surface area contributed by atoms with E-state index in [2.05, 4.69) is 4.98 Å². The lowest BCUT2D eigenvalue weighted by atomic mass is 10.1. The van der Waals surface area contributed by atoms with Crippen LogP contribution in [0.4, 0.5) is 0 Å². The van der Waals surface area contributed by atoms with Crippen LogP contribution in [-0.4, -0.2) is 16.1 Å². The standard InChI is InChI=1S/C13H13NO2/c1-2-5-10-8-9-6-3-4-7-11(9)14-12(10)13(15)16/h3-4,6-8H,2,5H2,1H3,(H,15,16). The fraction of sp³-hybridized carbons (Fsp3) is 0.231. The Labute approximate surface area is 93.7 Å². The molecule has 0 unspecified atom stereocenters. The van der Waals surface area contributed by atoms with Crippen LogP contribution < -0.4 is 0 Å². The van der Waals surface area contributed by atoms with Crippen molar-refractivity contribution in [1.82, 2.24) is 4.98 Å². The second-order valence-corrected chi connectivity index (χ2v) is 3.74. The van der Waals surface area contributed by atoms with E-state index in [1.807, 2.05) is 37.3 Å². The number of para-hydroxylation sites is 1. The van der Waals surface area contributed by atoms with Crippen molar-refractivity contribution in [2.45, 2.75) is 19.8 Å². The molecule has 1 N–H and O–H groups in total. The van der Waals surface area contributed by atoms with Crippen LogP contribution in [-0.2, 0) is 6.42 Å². The van der Waals surface area contributed by atoms with Crippen LogP contribution in [0, 0.1) is 0 Å². The van der Waals surface area contributed by atoms with Gasteiger partial charge in [0, 0.05) is 5.39 Å². The summed E-state index contributed by atoms with van der Waals surface area (Å²) in [5.74, 6) is -0.950. The number of fused-ring (bicyclic) bond motifs is 1. The number of carboxylic acids is 1. The summed E-state index contributed by atoms with van der Waals surface area (Å²) in [4.78, 5) is 15.3. The number of rotatable bonds is 3. The number of nitrogens with zero attached hydrogens (tertiary/aromatic N) is 1. The Morgan fingerprint density at radius 3 is 2.81 bits per heavy atom. The van der Waals surface area contributed by atoms with Gasteiger partial charge in [0.2, 0.25) is 0 Å². The lowest BCUT2D eigenvalue weighted by Gasteiger charge is -2.06. The maximum atomic E-state index is 11.1. The van der Waals surface area contributed by atoms with Crippen LogP contribution in [0.3, 0.4) is 0 Å². The zero-order valence-corrected chi connectivity index (χ0v) is 9.10. The second kappa shape index (κ2) is 4.31. The molecule has 0 fully saturated rings. The molecule has 0 aliphatic rings. The number of carbonyl (C=O) groups is 1. The number of aryl methyl sites for hydroxylation is 1. The first kappa shape index (κ1) is 10.6. The maximum Gasteiger partial charge on any atom is 0.354 e. The van der Waals surface area contributed by atoms with Crippen molar-refractivity contribution in [3.63, 3.8) is 0 Å². The van der Waals surface area contributed by atoms with E-state index in [4.69, 9.17) is 5.11 Å². The Morgan fingerprint density at radius 1 is 1.38 bits per heavy atom. The maximum absolute atomic E-state index is 11.1. The molecule has 3 nitrogen and oxygen atoms in total.